The molecule has 0 aromatic rings. The van der Waals surface area contributed by atoms with E-state index >= 15 is 0 Å². The minimum atomic E-state index is 0. The van der Waals surface area contributed by atoms with E-state index < -0.39 is 0 Å². The van der Waals surface area contributed by atoms with Gasteiger partial charge in [0.1, 0.15) is 0 Å². The standard InChI is InChI=1S/C7H15N3O.C2H6.H2/c1-8-7(11)6-10-4-2-9-3-5-10;1-2;/h9H,2-6H2,1H3,(H,8,11);1-2H3;1H. The lowest BCUT2D eigenvalue weighted by molar-refractivity contribution is -0.121. The van der Waals surface area contributed by atoms with Crippen LogP contribution in [0.4, 0.5) is 0 Å². The van der Waals surface area contributed by atoms with Crippen LogP contribution in [-0.2, 0) is 4.79 Å². The van der Waals surface area contributed by atoms with Crippen LogP contribution in [0.3, 0.4) is 0 Å². The molecule has 1 aliphatic heterocycles. The van der Waals surface area contributed by atoms with Gasteiger partial charge in [0.15, 0.2) is 0 Å². The molecule has 1 amide bonds. The Morgan fingerprint density at radius 1 is 1.46 bits per heavy atom. The van der Waals surface area contributed by atoms with Crippen molar-refractivity contribution in [2.24, 2.45) is 0 Å². The first-order valence-corrected chi connectivity index (χ1v) is 4.96. The van der Waals surface area contributed by atoms with Crippen molar-refractivity contribution in [3.05, 3.63) is 0 Å². The van der Waals surface area contributed by atoms with Crippen LogP contribution in [-0.4, -0.2) is 50.6 Å². The SMILES string of the molecule is CC.CNC(=O)CN1CCNCC1.[HH]. The van der Waals surface area contributed by atoms with Crippen molar-refractivity contribution in [1.29, 1.82) is 0 Å². The number of nitrogens with one attached hydrogen (secondary N) is 2. The fraction of sp³-hybridized carbons (Fsp3) is 0.889. The second-order valence-corrected chi connectivity index (χ2v) is 2.70. The molecule has 0 aromatic heterocycles. The minimum absolute atomic E-state index is 0. The van der Waals surface area contributed by atoms with Crippen molar-refractivity contribution in [1.82, 2.24) is 15.5 Å². The van der Waals surface area contributed by atoms with Crippen molar-refractivity contribution >= 4 is 5.91 Å². The molecule has 0 aromatic carbocycles. The summed E-state index contributed by atoms with van der Waals surface area (Å²) in [7, 11) is 1.67. The number of nitrogens with zero attached hydrogens (tertiary/aromatic N) is 1. The van der Waals surface area contributed by atoms with Gasteiger partial charge in [0.25, 0.3) is 0 Å². The Kier molecular flexibility index (Phi) is 7.63. The van der Waals surface area contributed by atoms with E-state index in [1.54, 1.807) is 7.05 Å². The summed E-state index contributed by atoms with van der Waals surface area (Å²) in [5.41, 5.74) is 0. The zero-order valence-corrected chi connectivity index (χ0v) is 8.89. The summed E-state index contributed by atoms with van der Waals surface area (Å²) in [6, 6.07) is 0. The first kappa shape index (κ1) is 12.4. The first-order valence-electron chi connectivity index (χ1n) is 4.96. The van der Waals surface area contributed by atoms with E-state index in [1.165, 1.54) is 0 Å². The summed E-state index contributed by atoms with van der Waals surface area (Å²) in [5.74, 6) is 0.104. The molecule has 0 saturated carbocycles. The van der Waals surface area contributed by atoms with Crippen molar-refractivity contribution in [2.75, 3.05) is 39.8 Å². The summed E-state index contributed by atoms with van der Waals surface area (Å²) >= 11 is 0. The number of rotatable bonds is 2. The van der Waals surface area contributed by atoms with Crippen molar-refractivity contribution in [3.8, 4) is 0 Å². The van der Waals surface area contributed by atoms with Gasteiger partial charge in [-0.2, -0.15) is 0 Å². The quantitative estimate of drug-likeness (QED) is 0.638. The minimum Gasteiger partial charge on any atom is -0.358 e. The molecule has 0 aliphatic carbocycles. The molecule has 2 N–H and O–H groups in total. The molecule has 1 heterocycles. The highest BCUT2D eigenvalue weighted by molar-refractivity contribution is 5.77. The van der Waals surface area contributed by atoms with Crippen LogP contribution in [0, 0.1) is 0 Å². The maximum absolute atomic E-state index is 10.9. The van der Waals surface area contributed by atoms with Crippen LogP contribution in [0.1, 0.15) is 15.3 Å². The Labute approximate surface area is 82.2 Å². The lowest BCUT2D eigenvalue weighted by Gasteiger charge is -2.26. The van der Waals surface area contributed by atoms with Gasteiger partial charge < -0.3 is 10.6 Å². The van der Waals surface area contributed by atoms with E-state index in [1.807, 2.05) is 13.8 Å². The third-order valence-electron chi connectivity index (χ3n) is 1.86. The van der Waals surface area contributed by atoms with E-state index in [9.17, 15) is 4.79 Å². The summed E-state index contributed by atoms with van der Waals surface area (Å²) in [4.78, 5) is 13.1. The van der Waals surface area contributed by atoms with E-state index in [0.29, 0.717) is 6.54 Å². The smallest absolute Gasteiger partial charge is 0.233 e. The molecule has 1 aliphatic rings. The molecule has 4 nitrogen and oxygen atoms in total. The number of hydrogen-bond donors (Lipinski definition) is 2. The molecule has 1 rings (SSSR count). The molecule has 0 bridgehead atoms. The van der Waals surface area contributed by atoms with Crippen LogP contribution in [0.2, 0.25) is 0 Å². The fourth-order valence-corrected chi connectivity index (χ4v) is 1.15. The van der Waals surface area contributed by atoms with Crippen molar-refractivity contribution < 1.29 is 6.22 Å². The molecule has 1 fully saturated rings. The maximum Gasteiger partial charge on any atom is 0.233 e. The second kappa shape index (κ2) is 8.01. The Morgan fingerprint density at radius 2 is 2.00 bits per heavy atom. The van der Waals surface area contributed by atoms with E-state index in [2.05, 4.69) is 15.5 Å². The number of hydrogen-bond acceptors (Lipinski definition) is 3. The Hall–Kier alpha value is -0.610. The topological polar surface area (TPSA) is 44.4 Å². The molecular formula is C9H23N3O. The van der Waals surface area contributed by atoms with Crippen LogP contribution >= 0.6 is 0 Å². The van der Waals surface area contributed by atoms with Gasteiger partial charge in [0.2, 0.25) is 5.91 Å². The van der Waals surface area contributed by atoms with E-state index in [-0.39, 0.29) is 7.33 Å². The monoisotopic (exact) mass is 189 g/mol. The second-order valence-electron chi connectivity index (χ2n) is 2.70. The predicted octanol–water partition coefficient (Wildman–Crippen LogP) is -0.0902. The van der Waals surface area contributed by atoms with Gasteiger partial charge in [-0.1, -0.05) is 13.8 Å². The van der Waals surface area contributed by atoms with Gasteiger partial charge in [-0.15, -0.1) is 0 Å². The van der Waals surface area contributed by atoms with Crippen molar-refractivity contribution in [3.63, 3.8) is 0 Å². The van der Waals surface area contributed by atoms with Crippen LogP contribution in [0.25, 0.3) is 0 Å². The van der Waals surface area contributed by atoms with Gasteiger partial charge in [-0.3, -0.25) is 9.69 Å². The molecule has 0 radical (unpaired) electrons. The normalized spacial score (nSPS) is 17.2. The molecular weight excluding hydrogens is 166 g/mol. The fourth-order valence-electron chi connectivity index (χ4n) is 1.15. The molecule has 0 unspecified atom stereocenters. The molecule has 13 heavy (non-hydrogen) atoms. The first-order chi connectivity index (χ1) is 6.33. The highest BCUT2D eigenvalue weighted by Gasteiger charge is 2.11. The number of likely N-dealkylation sites (N-methyl/N-ethyl adjacent to an activating group) is 1. The highest BCUT2D eigenvalue weighted by atomic mass is 16.1. The number of carbonyl (C=O) groups excluding carboxylic acids is 1. The van der Waals surface area contributed by atoms with Gasteiger partial charge >= 0.3 is 0 Å². The highest BCUT2D eigenvalue weighted by Crippen LogP contribution is 1.90. The summed E-state index contributed by atoms with van der Waals surface area (Å²) in [5, 5.41) is 5.84. The zero-order chi connectivity index (χ0) is 10.1. The average Bonchev–Trinajstić information content (AvgIpc) is 2.22. The van der Waals surface area contributed by atoms with Gasteiger partial charge in [-0.25, -0.2) is 0 Å². The van der Waals surface area contributed by atoms with Gasteiger partial charge in [0.05, 0.1) is 6.54 Å². The Morgan fingerprint density at radius 3 is 2.46 bits per heavy atom. The molecule has 0 spiro atoms. The Bertz CT molecular complexity index is 138. The van der Waals surface area contributed by atoms with E-state index in [4.69, 9.17) is 0 Å². The van der Waals surface area contributed by atoms with Gasteiger partial charge in [-0.05, 0) is 0 Å². The molecule has 4 heteroatoms. The summed E-state index contributed by atoms with van der Waals surface area (Å²) in [6.07, 6.45) is 0. The number of carbonyl (C=O) groups is 1. The predicted molar refractivity (Wildman–Crippen MR) is 56.8 cm³/mol. The van der Waals surface area contributed by atoms with Crippen LogP contribution in [0.5, 0.6) is 0 Å². The Balaban J connectivity index is 0. The zero-order valence-electron chi connectivity index (χ0n) is 8.89. The molecule has 0 atom stereocenters. The largest absolute Gasteiger partial charge is 0.358 e. The third-order valence-corrected chi connectivity index (χ3v) is 1.86. The van der Waals surface area contributed by atoms with Gasteiger partial charge in [0, 0.05) is 34.7 Å². The third kappa shape index (κ3) is 5.60. The van der Waals surface area contributed by atoms with Crippen molar-refractivity contribution in [2.45, 2.75) is 13.8 Å². The lowest BCUT2D eigenvalue weighted by Crippen LogP contribution is -2.47. The molecule has 1 saturated heterocycles. The lowest BCUT2D eigenvalue weighted by atomic mass is 10.3. The van der Waals surface area contributed by atoms with Crippen LogP contribution < -0.4 is 10.6 Å². The van der Waals surface area contributed by atoms with Crippen LogP contribution in [0.15, 0.2) is 0 Å². The summed E-state index contributed by atoms with van der Waals surface area (Å²) < 4.78 is 0. The number of piperazine rings is 1. The average molecular weight is 189 g/mol. The summed E-state index contributed by atoms with van der Waals surface area (Å²) in [6.45, 7) is 8.49. The van der Waals surface area contributed by atoms with E-state index in [0.717, 1.165) is 26.2 Å². The maximum atomic E-state index is 10.9. The molecule has 80 valence electrons. The number of amides is 1.